The highest BCUT2D eigenvalue weighted by Gasteiger charge is 1.99. The number of anilines is 1. The summed E-state index contributed by atoms with van der Waals surface area (Å²) in [4.78, 5) is 8.40. The summed E-state index contributed by atoms with van der Waals surface area (Å²) >= 11 is 3.38. The Morgan fingerprint density at radius 2 is 2.15 bits per heavy atom. The standard InChI is InChI=1S/C15H13BrN4/c16-12-4-5-14(18-9-12)10-19-13-2-1-3-15(8-13)20-7-6-17-11-20/h1-9,11,19H,10H2. The first-order valence-electron chi connectivity index (χ1n) is 6.24. The zero-order valence-corrected chi connectivity index (χ0v) is 12.3. The van der Waals surface area contributed by atoms with Crippen LogP contribution in [0.3, 0.4) is 0 Å². The van der Waals surface area contributed by atoms with Gasteiger partial charge in [0.25, 0.3) is 0 Å². The maximum absolute atomic E-state index is 4.34. The number of pyridine rings is 1. The van der Waals surface area contributed by atoms with Crippen LogP contribution in [0.2, 0.25) is 0 Å². The summed E-state index contributed by atoms with van der Waals surface area (Å²) in [5.41, 5.74) is 3.14. The lowest BCUT2D eigenvalue weighted by Gasteiger charge is -2.08. The first kappa shape index (κ1) is 12.9. The SMILES string of the molecule is Brc1ccc(CNc2cccc(-n3ccnc3)c2)nc1. The third-order valence-electron chi connectivity index (χ3n) is 2.91. The third kappa shape index (κ3) is 3.05. The summed E-state index contributed by atoms with van der Waals surface area (Å²) in [5, 5.41) is 3.37. The second kappa shape index (κ2) is 5.88. The molecule has 0 atom stereocenters. The molecule has 0 saturated carbocycles. The minimum Gasteiger partial charge on any atom is -0.379 e. The van der Waals surface area contributed by atoms with Crippen LogP contribution in [-0.4, -0.2) is 14.5 Å². The van der Waals surface area contributed by atoms with Gasteiger partial charge >= 0.3 is 0 Å². The quantitative estimate of drug-likeness (QED) is 0.795. The highest BCUT2D eigenvalue weighted by Crippen LogP contribution is 2.15. The number of hydrogen-bond acceptors (Lipinski definition) is 3. The predicted octanol–water partition coefficient (Wildman–Crippen LogP) is 3.64. The zero-order chi connectivity index (χ0) is 13.8. The molecule has 0 saturated heterocycles. The number of nitrogens with zero attached hydrogens (tertiary/aromatic N) is 3. The third-order valence-corrected chi connectivity index (χ3v) is 3.38. The summed E-state index contributed by atoms with van der Waals surface area (Å²) in [5.74, 6) is 0. The number of rotatable bonds is 4. The van der Waals surface area contributed by atoms with Crippen LogP contribution in [-0.2, 0) is 6.54 Å². The summed E-state index contributed by atoms with van der Waals surface area (Å²) < 4.78 is 2.96. The zero-order valence-electron chi connectivity index (χ0n) is 10.7. The molecule has 1 aromatic carbocycles. The van der Waals surface area contributed by atoms with E-state index in [0.717, 1.165) is 21.5 Å². The second-order valence-electron chi connectivity index (χ2n) is 4.34. The maximum Gasteiger partial charge on any atom is 0.0991 e. The van der Waals surface area contributed by atoms with E-state index < -0.39 is 0 Å². The fraction of sp³-hybridized carbons (Fsp3) is 0.0667. The Hall–Kier alpha value is -2.14. The van der Waals surface area contributed by atoms with E-state index in [9.17, 15) is 0 Å². The van der Waals surface area contributed by atoms with Crippen LogP contribution in [0, 0.1) is 0 Å². The minimum absolute atomic E-state index is 0.695. The molecule has 2 aromatic heterocycles. The predicted molar refractivity (Wildman–Crippen MR) is 82.8 cm³/mol. The van der Waals surface area contributed by atoms with Crippen LogP contribution < -0.4 is 5.32 Å². The van der Waals surface area contributed by atoms with Crippen LogP contribution in [0.25, 0.3) is 5.69 Å². The highest BCUT2D eigenvalue weighted by atomic mass is 79.9. The molecular weight excluding hydrogens is 316 g/mol. The van der Waals surface area contributed by atoms with Gasteiger partial charge in [0.15, 0.2) is 0 Å². The van der Waals surface area contributed by atoms with Crippen LogP contribution in [0.5, 0.6) is 0 Å². The van der Waals surface area contributed by atoms with E-state index in [-0.39, 0.29) is 0 Å². The van der Waals surface area contributed by atoms with Gasteiger partial charge in [-0.15, -0.1) is 0 Å². The Bertz CT molecular complexity index is 677. The Labute approximate surface area is 125 Å². The minimum atomic E-state index is 0.695. The summed E-state index contributed by atoms with van der Waals surface area (Å²) in [7, 11) is 0. The van der Waals surface area contributed by atoms with Gasteiger partial charge in [0.2, 0.25) is 0 Å². The van der Waals surface area contributed by atoms with E-state index in [2.05, 4.69) is 37.3 Å². The molecule has 0 amide bonds. The molecule has 0 aliphatic heterocycles. The van der Waals surface area contributed by atoms with Crippen molar-refractivity contribution in [2.45, 2.75) is 6.54 Å². The molecule has 5 heteroatoms. The molecule has 0 bridgehead atoms. The van der Waals surface area contributed by atoms with E-state index in [1.54, 1.807) is 18.7 Å². The molecular formula is C15H13BrN4. The van der Waals surface area contributed by atoms with Crippen LogP contribution in [0.4, 0.5) is 5.69 Å². The van der Waals surface area contributed by atoms with Crippen molar-refractivity contribution in [1.82, 2.24) is 14.5 Å². The number of halogens is 1. The number of hydrogen-bond donors (Lipinski definition) is 1. The van der Waals surface area contributed by atoms with Gasteiger partial charge in [-0.1, -0.05) is 6.07 Å². The smallest absolute Gasteiger partial charge is 0.0991 e. The molecule has 1 N–H and O–H groups in total. The molecule has 0 radical (unpaired) electrons. The lowest BCUT2D eigenvalue weighted by Crippen LogP contribution is -2.02. The molecule has 0 spiro atoms. The molecule has 100 valence electrons. The van der Waals surface area contributed by atoms with Gasteiger partial charge < -0.3 is 9.88 Å². The van der Waals surface area contributed by atoms with E-state index in [1.165, 1.54) is 0 Å². The van der Waals surface area contributed by atoms with Gasteiger partial charge in [-0.05, 0) is 46.3 Å². The molecule has 4 nitrogen and oxygen atoms in total. The number of imidazole rings is 1. The number of aromatic nitrogens is 3. The monoisotopic (exact) mass is 328 g/mol. The molecule has 0 unspecified atom stereocenters. The Balaban J connectivity index is 1.72. The van der Waals surface area contributed by atoms with Crippen molar-refractivity contribution in [3.8, 4) is 5.69 Å². The normalized spacial score (nSPS) is 10.4. The molecule has 0 aliphatic rings. The maximum atomic E-state index is 4.34. The molecule has 3 aromatic rings. The van der Waals surface area contributed by atoms with E-state index >= 15 is 0 Å². The van der Waals surface area contributed by atoms with Crippen molar-refractivity contribution in [1.29, 1.82) is 0 Å². The van der Waals surface area contributed by atoms with Gasteiger partial charge in [0.1, 0.15) is 0 Å². The number of benzene rings is 1. The molecule has 0 aliphatic carbocycles. The second-order valence-corrected chi connectivity index (χ2v) is 5.26. The van der Waals surface area contributed by atoms with Gasteiger partial charge in [0, 0.05) is 34.4 Å². The fourth-order valence-electron chi connectivity index (χ4n) is 1.89. The van der Waals surface area contributed by atoms with Crippen molar-refractivity contribution >= 4 is 21.6 Å². The molecule has 0 fully saturated rings. The highest BCUT2D eigenvalue weighted by molar-refractivity contribution is 9.10. The summed E-state index contributed by atoms with van der Waals surface area (Å²) in [6.07, 6.45) is 7.29. The van der Waals surface area contributed by atoms with Gasteiger partial charge in [0.05, 0.1) is 18.6 Å². The average molecular weight is 329 g/mol. The van der Waals surface area contributed by atoms with Crippen molar-refractivity contribution in [2.75, 3.05) is 5.32 Å². The summed E-state index contributed by atoms with van der Waals surface area (Å²) in [6, 6.07) is 12.2. The van der Waals surface area contributed by atoms with Crippen molar-refractivity contribution < 1.29 is 0 Å². The van der Waals surface area contributed by atoms with Crippen molar-refractivity contribution in [3.05, 3.63) is 71.5 Å². The van der Waals surface area contributed by atoms with Gasteiger partial charge in [-0.25, -0.2) is 4.98 Å². The lowest BCUT2D eigenvalue weighted by atomic mass is 10.2. The first-order chi connectivity index (χ1) is 9.81. The topological polar surface area (TPSA) is 42.7 Å². The van der Waals surface area contributed by atoms with Crippen LogP contribution >= 0.6 is 15.9 Å². The Morgan fingerprint density at radius 3 is 2.90 bits per heavy atom. The average Bonchev–Trinajstić information content (AvgIpc) is 3.01. The van der Waals surface area contributed by atoms with E-state index in [0.29, 0.717) is 6.54 Å². The first-order valence-corrected chi connectivity index (χ1v) is 7.03. The number of nitrogens with one attached hydrogen (secondary N) is 1. The van der Waals surface area contributed by atoms with Gasteiger partial charge in [-0.3, -0.25) is 4.98 Å². The largest absolute Gasteiger partial charge is 0.379 e. The molecule has 3 rings (SSSR count). The summed E-state index contributed by atoms with van der Waals surface area (Å²) in [6.45, 7) is 0.695. The van der Waals surface area contributed by atoms with Gasteiger partial charge in [-0.2, -0.15) is 0 Å². The Kier molecular flexibility index (Phi) is 3.78. The molecule has 2 heterocycles. The van der Waals surface area contributed by atoms with E-state index in [4.69, 9.17) is 0 Å². The van der Waals surface area contributed by atoms with Crippen molar-refractivity contribution in [2.24, 2.45) is 0 Å². The Morgan fingerprint density at radius 1 is 1.20 bits per heavy atom. The van der Waals surface area contributed by atoms with Crippen molar-refractivity contribution in [3.63, 3.8) is 0 Å². The van der Waals surface area contributed by atoms with Crippen LogP contribution in [0.1, 0.15) is 5.69 Å². The lowest BCUT2D eigenvalue weighted by molar-refractivity contribution is 1.03. The van der Waals surface area contributed by atoms with Crippen LogP contribution in [0.15, 0.2) is 65.8 Å². The molecule has 20 heavy (non-hydrogen) atoms. The van der Waals surface area contributed by atoms with E-state index in [1.807, 2.05) is 41.1 Å². The fourth-order valence-corrected chi connectivity index (χ4v) is 2.13.